The summed E-state index contributed by atoms with van der Waals surface area (Å²) in [4.78, 5) is 11.6. The molecule has 0 saturated heterocycles. The molecule has 0 spiro atoms. The first-order chi connectivity index (χ1) is 13.3. The topological polar surface area (TPSA) is 26.3 Å². The zero-order chi connectivity index (χ0) is 19.8. The van der Waals surface area contributed by atoms with E-state index in [0.29, 0.717) is 13.0 Å². The molecular formula is C25H42O2. The Morgan fingerprint density at radius 2 is 1.19 bits per heavy atom. The lowest BCUT2D eigenvalue weighted by Gasteiger charge is -2.03. The van der Waals surface area contributed by atoms with E-state index in [0.717, 1.165) is 12.8 Å². The first-order valence-electron chi connectivity index (χ1n) is 11.1. The second-order valence-electron chi connectivity index (χ2n) is 7.11. The zero-order valence-electron chi connectivity index (χ0n) is 17.7. The molecule has 0 aromatic heterocycles. The molecule has 0 aliphatic heterocycles. The predicted molar refractivity (Wildman–Crippen MR) is 119 cm³/mol. The number of allylic oxidation sites excluding steroid dienone is 6. The van der Waals surface area contributed by atoms with Gasteiger partial charge in [-0.25, -0.2) is 0 Å². The largest absolute Gasteiger partial charge is 0.461 e. The number of esters is 1. The van der Waals surface area contributed by atoms with Gasteiger partial charge in [0.2, 0.25) is 0 Å². The van der Waals surface area contributed by atoms with Gasteiger partial charge in [-0.2, -0.15) is 0 Å². The summed E-state index contributed by atoms with van der Waals surface area (Å²) in [6.45, 7) is 6.22. The summed E-state index contributed by atoms with van der Waals surface area (Å²) in [5.41, 5.74) is 0. The molecule has 0 atom stereocenters. The monoisotopic (exact) mass is 374 g/mol. The number of carbonyl (C=O) groups is 1. The predicted octanol–water partition coefficient (Wildman–Crippen LogP) is 7.87. The molecule has 27 heavy (non-hydrogen) atoms. The summed E-state index contributed by atoms with van der Waals surface area (Å²) in [5.74, 6) is -0.0849. The Labute approximate surface area is 168 Å². The summed E-state index contributed by atoms with van der Waals surface area (Å²) in [6, 6.07) is 0. The number of rotatable bonds is 19. The van der Waals surface area contributed by atoms with Crippen LogP contribution in [0.4, 0.5) is 0 Å². The van der Waals surface area contributed by atoms with E-state index in [2.05, 4.69) is 13.5 Å². The number of unbranched alkanes of at least 4 members (excludes halogenated alkanes) is 12. The number of hydrogen-bond acceptors (Lipinski definition) is 2. The second kappa shape index (κ2) is 22.5. The highest BCUT2D eigenvalue weighted by Crippen LogP contribution is 2.13. The lowest BCUT2D eigenvalue weighted by atomic mass is 10.0. The van der Waals surface area contributed by atoms with Crippen molar-refractivity contribution in [2.75, 3.05) is 6.61 Å². The van der Waals surface area contributed by atoms with Gasteiger partial charge in [0.05, 0.1) is 0 Å². The highest BCUT2D eigenvalue weighted by molar-refractivity contribution is 5.69. The summed E-state index contributed by atoms with van der Waals surface area (Å²) >= 11 is 0. The number of hydrogen-bond donors (Lipinski definition) is 0. The van der Waals surface area contributed by atoms with Crippen molar-refractivity contribution in [2.24, 2.45) is 0 Å². The van der Waals surface area contributed by atoms with Crippen LogP contribution in [-0.4, -0.2) is 12.6 Å². The third-order valence-electron chi connectivity index (χ3n) is 4.54. The Kier molecular flexibility index (Phi) is 21.2. The normalized spacial score (nSPS) is 11.7. The summed E-state index contributed by atoms with van der Waals surface area (Å²) < 4.78 is 5.18. The Balaban J connectivity index is 3.29. The molecule has 0 unspecified atom stereocenters. The van der Waals surface area contributed by atoms with Gasteiger partial charge in [-0.15, -0.1) is 0 Å². The fourth-order valence-corrected chi connectivity index (χ4v) is 2.91. The van der Waals surface area contributed by atoms with Crippen LogP contribution >= 0.6 is 0 Å². The Hall–Kier alpha value is -1.57. The molecule has 0 aliphatic carbocycles. The molecule has 0 aromatic rings. The average molecular weight is 375 g/mol. The van der Waals surface area contributed by atoms with Gasteiger partial charge in [-0.3, -0.25) is 4.79 Å². The van der Waals surface area contributed by atoms with Crippen LogP contribution < -0.4 is 0 Å². The molecule has 2 heteroatoms. The van der Waals surface area contributed by atoms with E-state index in [1.54, 1.807) is 6.08 Å². The molecule has 0 rings (SSSR count). The first-order valence-corrected chi connectivity index (χ1v) is 11.1. The van der Waals surface area contributed by atoms with Gasteiger partial charge in [-0.05, 0) is 12.5 Å². The van der Waals surface area contributed by atoms with Crippen LogP contribution in [0.1, 0.15) is 96.8 Å². The smallest absolute Gasteiger partial charge is 0.306 e. The Bertz CT molecular complexity index is 418. The molecule has 154 valence electrons. The number of carbonyl (C=O) groups excluding carboxylic acids is 1. The molecule has 0 saturated carbocycles. The standard InChI is InChI=1S/C25H42O2/c1-3-5-7-9-11-12-13-14-15-16-17-19-21-23-25(26)27-24-22-20-18-10-8-6-4-2/h4,6,8,10,18,20,22H,2-3,5,7,9,11-17,19,21,23-24H2,1H3. The maximum absolute atomic E-state index is 11.6. The zero-order valence-corrected chi connectivity index (χ0v) is 17.7. The molecule has 0 fully saturated rings. The minimum atomic E-state index is -0.0849. The van der Waals surface area contributed by atoms with E-state index in [-0.39, 0.29) is 5.97 Å². The van der Waals surface area contributed by atoms with E-state index in [4.69, 9.17) is 4.74 Å². The van der Waals surface area contributed by atoms with Crippen molar-refractivity contribution < 1.29 is 9.53 Å². The van der Waals surface area contributed by atoms with Crippen LogP contribution in [0.2, 0.25) is 0 Å². The van der Waals surface area contributed by atoms with Crippen LogP contribution in [0.5, 0.6) is 0 Å². The quantitative estimate of drug-likeness (QED) is 0.131. The van der Waals surface area contributed by atoms with Crippen molar-refractivity contribution in [3.63, 3.8) is 0 Å². The molecule has 0 aromatic carbocycles. The fourth-order valence-electron chi connectivity index (χ4n) is 2.91. The molecule has 0 bridgehead atoms. The maximum atomic E-state index is 11.6. The maximum Gasteiger partial charge on any atom is 0.306 e. The van der Waals surface area contributed by atoms with Crippen LogP contribution in [-0.2, 0) is 9.53 Å². The highest BCUT2D eigenvalue weighted by atomic mass is 16.5. The third kappa shape index (κ3) is 22.4. The van der Waals surface area contributed by atoms with Crippen molar-refractivity contribution in [3.05, 3.63) is 49.1 Å². The Morgan fingerprint density at radius 3 is 1.74 bits per heavy atom. The SMILES string of the molecule is C=CC=CC=CC=CCOC(=O)CCCCCCCCCCCCCCC. The molecule has 0 amide bonds. The molecule has 0 N–H and O–H groups in total. The van der Waals surface area contributed by atoms with E-state index < -0.39 is 0 Å². The van der Waals surface area contributed by atoms with Crippen molar-refractivity contribution in [1.29, 1.82) is 0 Å². The van der Waals surface area contributed by atoms with E-state index in [9.17, 15) is 4.79 Å². The van der Waals surface area contributed by atoms with Gasteiger partial charge in [0.25, 0.3) is 0 Å². The lowest BCUT2D eigenvalue weighted by molar-refractivity contribution is -0.142. The van der Waals surface area contributed by atoms with Crippen molar-refractivity contribution >= 4 is 5.97 Å². The van der Waals surface area contributed by atoms with Crippen LogP contribution in [0.15, 0.2) is 49.1 Å². The van der Waals surface area contributed by atoms with Gasteiger partial charge >= 0.3 is 5.97 Å². The van der Waals surface area contributed by atoms with Crippen LogP contribution in [0.25, 0.3) is 0 Å². The van der Waals surface area contributed by atoms with Crippen molar-refractivity contribution in [1.82, 2.24) is 0 Å². The minimum absolute atomic E-state index is 0.0849. The molecule has 0 radical (unpaired) electrons. The minimum Gasteiger partial charge on any atom is -0.461 e. The fraction of sp³-hybridized carbons (Fsp3) is 0.640. The second-order valence-corrected chi connectivity index (χ2v) is 7.11. The first kappa shape index (κ1) is 25.4. The average Bonchev–Trinajstić information content (AvgIpc) is 2.67. The summed E-state index contributed by atoms with van der Waals surface area (Å²) in [5, 5.41) is 0. The van der Waals surface area contributed by atoms with Crippen molar-refractivity contribution in [2.45, 2.75) is 96.8 Å². The third-order valence-corrected chi connectivity index (χ3v) is 4.54. The highest BCUT2D eigenvalue weighted by Gasteiger charge is 2.01. The van der Waals surface area contributed by atoms with Crippen LogP contribution in [0.3, 0.4) is 0 Å². The van der Waals surface area contributed by atoms with E-state index in [1.165, 1.54) is 70.6 Å². The van der Waals surface area contributed by atoms with Gasteiger partial charge < -0.3 is 4.74 Å². The molecule has 0 heterocycles. The van der Waals surface area contributed by atoms with Crippen molar-refractivity contribution in [3.8, 4) is 0 Å². The van der Waals surface area contributed by atoms with Gasteiger partial charge in [0.1, 0.15) is 6.61 Å². The van der Waals surface area contributed by atoms with Crippen LogP contribution in [0, 0.1) is 0 Å². The number of ether oxygens (including phenoxy) is 1. The van der Waals surface area contributed by atoms with Gasteiger partial charge in [-0.1, -0.05) is 127 Å². The lowest BCUT2D eigenvalue weighted by Crippen LogP contribution is -2.03. The summed E-state index contributed by atoms with van der Waals surface area (Å²) in [6.07, 6.45) is 30.7. The Morgan fingerprint density at radius 1 is 0.704 bits per heavy atom. The van der Waals surface area contributed by atoms with Gasteiger partial charge in [0, 0.05) is 6.42 Å². The van der Waals surface area contributed by atoms with E-state index in [1.807, 2.05) is 36.5 Å². The molecule has 2 nitrogen and oxygen atoms in total. The molecular weight excluding hydrogens is 332 g/mol. The van der Waals surface area contributed by atoms with E-state index >= 15 is 0 Å². The molecule has 0 aliphatic rings. The van der Waals surface area contributed by atoms with Gasteiger partial charge in [0.15, 0.2) is 0 Å². The summed E-state index contributed by atoms with van der Waals surface area (Å²) in [7, 11) is 0.